The van der Waals surface area contributed by atoms with Crippen molar-refractivity contribution in [3.8, 4) is 5.75 Å². The van der Waals surface area contributed by atoms with E-state index in [4.69, 9.17) is 9.73 Å². The van der Waals surface area contributed by atoms with Gasteiger partial charge in [-0.3, -0.25) is 9.79 Å². The summed E-state index contributed by atoms with van der Waals surface area (Å²) in [5.74, 6) is 1.34. The molecule has 2 aromatic rings. The van der Waals surface area contributed by atoms with E-state index in [9.17, 15) is 9.90 Å². The second-order valence-corrected chi connectivity index (χ2v) is 8.00. The number of nitrogens with one attached hydrogen (secondary N) is 2. The molecule has 33 heavy (non-hydrogen) atoms. The van der Waals surface area contributed by atoms with Crippen LogP contribution in [0.3, 0.4) is 0 Å². The molecule has 8 heteroatoms. The standard InChI is InChI=1S/C25H34N4O3.HI/c1-2-26-25(28-14-7-13-27-24(31)22-10-6-11-23(30)16-22)29-15-12-21(17-29)19-32-18-20-8-4-3-5-9-20;/h3-6,8-11,16,21,30H,2,7,12-15,17-19H2,1H3,(H,26,28)(H,27,31);1H. The van der Waals surface area contributed by atoms with E-state index in [1.165, 1.54) is 11.6 Å². The molecule has 1 saturated heterocycles. The average molecular weight is 566 g/mol. The summed E-state index contributed by atoms with van der Waals surface area (Å²) >= 11 is 0. The lowest BCUT2D eigenvalue weighted by Crippen LogP contribution is -2.40. The van der Waals surface area contributed by atoms with E-state index in [0.29, 0.717) is 31.2 Å². The number of benzene rings is 2. The fourth-order valence-corrected chi connectivity index (χ4v) is 3.72. The van der Waals surface area contributed by atoms with Crippen LogP contribution in [0.2, 0.25) is 0 Å². The molecule has 1 heterocycles. The van der Waals surface area contributed by atoms with Crippen LogP contribution in [0.25, 0.3) is 0 Å². The number of phenolic OH excluding ortho intramolecular Hbond substituents is 1. The van der Waals surface area contributed by atoms with Gasteiger partial charge in [0.25, 0.3) is 5.91 Å². The van der Waals surface area contributed by atoms with Crippen molar-refractivity contribution in [3.05, 3.63) is 65.7 Å². The molecule has 1 atom stereocenters. The van der Waals surface area contributed by atoms with Crippen molar-refractivity contribution in [2.45, 2.75) is 26.4 Å². The van der Waals surface area contributed by atoms with E-state index in [0.717, 1.165) is 45.0 Å². The Kier molecular flexibility index (Phi) is 12.0. The van der Waals surface area contributed by atoms with Crippen LogP contribution in [-0.4, -0.2) is 61.2 Å². The van der Waals surface area contributed by atoms with E-state index < -0.39 is 0 Å². The maximum absolute atomic E-state index is 12.1. The van der Waals surface area contributed by atoms with Gasteiger partial charge in [0.05, 0.1) is 13.2 Å². The lowest BCUT2D eigenvalue weighted by atomic mass is 10.1. The van der Waals surface area contributed by atoms with E-state index in [2.05, 4.69) is 34.6 Å². The van der Waals surface area contributed by atoms with Crippen LogP contribution in [0.1, 0.15) is 35.7 Å². The second-order valence-electron chi connectivity index (χ2n) is 8.00. The number of hydrogen-bond donors (Lipinski definition) is 3. The molecular formula is C25H35IN4O3. The molecule has 3 N–H and O–H groups in total. The van der Waals surface area contributed by atoms with Gasteiger partial charge in [0.2, 0.25) is 0 Å². The fourth-order valence-electron chi connectivity index (χ4n) is 3.72. The highest BCUT2D eigenvalue weighted by Crippen LogP contribution is 2.17. The second kappa shape index (κ2) is 14.7. The van der Waals surface area contributed by atoms with Crippen molar-refractivity contribution in [1.82, 2.24) is 15.5 Å². The first-order valence-corrected chi connectivity index (χ1v) is 11.4. The van der Waals surface area contributed by atoms with Gasteiger partial charge in [-0.2, -0.15) is 0 Å². The fraction of sp³-hybridized carbons (Fsp3) is 0.440. The number of hydrogen-bond acceptors (Lipinski definition) is 4. The normalized spacial score (nSPS) is 15.7. The van der Waals surface area contributed by atoms with Gasteiger partial charge in [-0.15, -0.1) is 24.0 Å². The summed E-state index contributed by atoms with van der Waals surface area (Å²) in [6, 6.07) is 16.6. The third-order valence-corrected chi connectivity index (χ3v) is 5.38. The smallest absolute Gasteiger partial charge is 0.251 e. The Bertz CT molecular complexity index is 879. The van der Waals surface area contributed by atoms with E-state index in [1.54, 1.807) is 18.2 Å². The highest BCUT2D eigenvalue weighted by Gasteiger charge is 2.24. The van der Waals surface area contributed by atoms with Crippen molar-refractivity contribution in [2.75, 3.05) is 39.3 Å². The van der Waals surface area contributed by atoms with Crippen LogP contribution in [0, 0.1) is 5.92 Å². The van der Waals surface area contributed by atoms with Gasteiger partial charge in [-0.1, -0.05) is 36.4 Å². The minimum absolute atomic E-state index is 0. The molecule has 0 saturated carbocycles. The molecule has 0 bridgehead atoms. The monoisotopic (exact) mass is 566 g/mol. The zero-order valence-electron chi connectivity index (χ0n) is 19.2. The summed E-state index contributed by atoms with van der Waals surface area (Å²) < 4.78 is 5.93. The van der Waals surface area contributed by atoms with Crippen LogP contribution >= 0.6 is 24.0 Å². The Hall–Kier alpha value is -2.33. The number of guanidine groups is 1. The number of phenols is 1. The SMILES string of the molecule is CCNC(=NCCCNC(=O)c1cccc(O)c1)N1CCC(COCc2ccccc2)C1.I. The molecule has 0 aromatic heterocycles. The van der Waals surface area contributed by atoms with Crippen LogP contribution in [0.5, 0.6) is 5.75 Å². The van der Waals surface area contributed by atoms with Crippen molar-refractivity contribution < 1.29 is 14.6 Å². The van der Waals surface area contributed by atoms with E-state index in [-0.39, 0.29) is 35.6 Å². The Morgan fingerprint density at radius 2 is 2.00 bits per heavy atom. The third kappa shape index (κ3) is 9.21. The molecule has 7 nitrogen and oxygen atoms in total. The predicted molar refractivity (Wildman–Crippen MR) is 142 cm³/mol. The van der Waals surface area contributed by atoms with Crippen molar-refractivity contribution >= 4 is 35.8 Å². The largest absolute Gasteiger partial charge is 0.508 e. The molecule has 3 rings (SSSR count). The molecule has 0 radical (unpaired) electrons. The molecule has 0 spiro atoms. The summed E-state index contributed by atoms with van der Waals surface area (Å²) in [4.78, 5) is 19.2. The summed E-state index contributed by atoms with van der Waals surface area (Å²) in [5.41, 5.74) is 1.66. The Balaban J connectivity index is 0.00000385. The molecule has 1 aliphatic heterocycles. The van der Waals surface area contributed by atoms with Gasteiger partial charge in [0, 0.05) is 44.2 Å². The summed E-state index contributed by atoms with van der Waals surface area (Å²) in [5, 5.41) is 15.7. The lowest BCUT2D eigenvalue weighted by Gasteiger charge is -2.21. The lowest BCUT2D eigenvalue weighted by molar-refractivity contribution is 0.0906. The number of halogens is 1. The molecule has 1 amide bonds. The number of amides is 1. The highest BCUT2D eigenvalue weighted by atomic mass is 127. The Morgan fingerprint density at radius 3 is 2.76 bits per heavy atom. The van der Waals surface area contributed by atoms with Crippen LogP contribution < -0.4 is 10.6 Å². The van der Waals surface area contributed by atoms with Crippen molar-refractivity contribution in [3.63, 3.8) is 0 Å². The molecule has 1 fully saturated rings. The molecule has 2 aromatic carbocycles. The number of ether oxygens (including phenoxy) is 1. The minimum atomic E-state index is -0.185. The zero-order chi connectivity index (χ0) is 22.6. The molecular weight excluding hydrogens is 531 g/mol. The quantitative estimate of drug-likeness (QED) is 0.177. The van der Waals surface area contributed by atoms with Gasteiger partial charge in [-0.25, -0.2) is 0 Å². The Labute approximate surface area is 213 Å². The molecule has 1 unspecified atom stereocenters. The van der Waals surface area contributed by atoms with Gasteiger partial charge >= 0.3 is 0 Å². The topological polar surface area (TPSA) is 86.2 Å². The first kappa shape index (κ1) is 26.9. The van der Waals surface area contributed by atoms with Gasteiger partial charge in [0.15, 0.2) is 5.96 Å². The summed E-state index contributed by atoms with van der Waals surface area (Å²) in [6.45, 7) is 7.38. The number of carbonyl (C=O) groups is 1. The molecule has 1 aliphatic rings. The van der Waals surface area contributed by atoms with Crippen LogP contribution in [-0.2, 0) is 11.3 Å². The average Bonchev–Trinajstić information content (AvgIpc) is 3.27. The first-order valence-electron chi connectivity index (χ1n) is 11.4. The Morgan fingerprint density at radius 1 is 1.18 bits per heavy atom. The third-order valence-electron chi connectivity index (χ3n) is 5.38. The molecule has 180 valence electrons. The summed E-state index contributed by atoms with van der Waals surface area (Å²) in [7, 11) is 0. The highest BCUT2D eigenvalue weighted by molar-refractivity contribution is 14.0. The summed E-state index contributed by atoms with van der Waals surface area (Å²) in [6.07, 6.45) is 1.84. The van der Waals surface area contributed by atoms with Crippen molar-refractivity contribution in [2.24, 2.45) is 10.9 Å². The predicted octanol–water partition coefficient (Wildman–Crippen LogP) is 3.63. The van der Waals surface area contributed by atoms with Gasteiger partial charge in [0.1, 0.15) is 5.75 Å². The molecule has 0 aliphatic carbocycles. The number of aromatic hydroxyl groups is 1. The van der Waals surface area contributed by atoms with E-state index >= 15 is 0 Å². The minimum Gasteiger partial charge on any atom is -0.508 e. The van der Waals surface area contributed by atoms with Crippen molar-refractivity contribution in [1.29, 1.82) is 0 Å². The van der Waals surface area contributed by atoms with E-state index in [1.807, 2.05) is 18.2 Å². The number of carbonyl (C=O) groups excluding carboxylic acids is 1. The number of aliphatic imine (C=N–C) groups is 1. The maximum Gasteiger partial charge on any atom is 0.251 e. The number of nitrogens with zero attached hydrogens (tertiary/aromatic N) is 2. The van der Waals surface area contributed by atoms with Gasteiger partial charge < -0.3 is 25.4 Å². The van der Waals surface area contributed by atoms with Gasteiger partial charge in [-0.05, 0) is 43.5 Å². The maximum atomic E-state index is 12.1. The number of rotatable bonds is 10. The number of likely N-dealkylation sites (tertiary alicyclic amines) is 1. The zero-order valence-corrected chi connectivity index (χ0v) is 21.5. The van der Waals surface area contributed by atoms with Crippen LogP contribution in [0.15, 0.2) is 59.6 Å². The van der Waals surface area contributed by atoms with Crippen LogP contribution in [0.4, 0.5) is 0 Å². The first-order chi connectivity index (χ1) is 15.7.